The van der Waals surface area contributed by atoms with Crippen molar-refractivity contribution in [2.45, 2.75) is 11.0 Å². The number of hydrogen-bond donors (Lipinski definition) is 1. The largest absolute Gasteiger partial charge is 0.496 e. The Labute approximate surface area is 123 Å². The van der Waals surface area contributed by atoms with Crippen LogP contribution in [-0.4, -0.2) is 30.7 Å². The van der Waals surface area contributed by atoms with Crippen molar-refractivity contribution < 1.29 is 14.6 Å². The van der Waals surface area contributed by atoms with Gasteiger partial charge in [0.1, 0.15) is 18.1 Å². The maximum absolute atomic E-state index is 9.95. The number of aliphatic hydroxyl groups excluding tert-OH is 1. The summed E-state index contributed by atoms with van der Waals surface area (Å²) in [6, 6.07) is 17.3. The van der Waals surface area contributed by atoms with Gasteiger partial charge in [-0.2, -0.15) is 0 Å². The lowest BCUT2D eigenvalue weighted by Gasteiger charge is -2.13. The second kappa shape index (κ2) is 7.82. The predicted octanol–water partition coefficient (Wildman–Crippen LogP) is 3.23. The third kappa shape index (κ3) is 4.47. The highest BCUT2D eigenvalue weighted by molar-refractivity contribution is 7.99. The van der Waals surface area contributed by atoms with Crippen molar-refractivity contribution >= 4 is 11.8 Å². The Bertz CT molecular complexity index is 516. The minimum atomic E-state index is -0.523. The minimum Gasteiger partial charge on any atom is -0.496 e. The zero-order valence-electron chi connectivity index (χ0n) is 11.4. The average Bonchev–Trinajstić information content (AvgIpc) is 2.52. The van der Waals surface area contributed by atoms with E-state index in [1.54, 1.807) is 18.9 Å². The van der Waals surface area contributed by atoms with Crippen LogP contribution in [0.4, 0.5) is 0 Å². The van der Waals surface area contributed by atoms with Crippen LogP contribution in [0.3, 0.4) is 0 Å². The minimum absolute atomic E-state index is 0.284. The Morgan fingerprint density at radius 1 is 1.05 bits per heavy atom. The molecule has 1 N–H and O–H groups in total. The molecule has 4 heteroatoms. The molecule has 0 radical (unpaired) electrons. The third-order valence-electron chi connectivity index (χ3n) is 2.69. The fourth-order valence-electron chi connectivity index (χ4n) is 1.68. The van der Waals surface area contributed by atoms with Crippen molar-refractivity contribution in [3.8, 4) is 11.5 Å². The molecule has 2 rings (SSSR count). The van der Waals surface area contributed by atoms with Crippen LogP contribution in [0.25, 0.3) is 0 Å². The van der Waals surface area contributed by atoms with Crippen molar-refractivity contribution in [1.29, 1.82) is 0 Å². The van der Waals surface area contributed by atoms with Gasteiger partial charge in [0, 0.05) is 10.6 Å². The normalized spacial score (nSPS) is 11.9. The van der Waals surface area contributed by atoms with E-state index in [-0.39, 0.29) is 6.61 Å². The summed E-state index contributed by atoms with van der Waals surface area (Å²) in [7, 11) is 1.65. The molecule has 2 aromatic rings. The summed E-state index contributed by atoms with van der Waals surface area (Å²) in [6.07, 6.45) is -0.523. The molecule has 106 valence electrons. The molecule has 0 aliphatic rings. The van der Waals surface area contributed by atoms with Gasteiger partial charge in [0.2, 0.25) is 0 Å². The van der Waals surface area contributed by atoms with Gasteiger partial charge in [-0.15, -0.1) is 11.8 Å². The SMILES string of the molecule is COc1ccccc1SCC(O)COc1ccccc1. The van der Waals surface area contributed by atoms with E-state index in [0.29, 0.717) is 5.75 Å². The monoisotopic (exact) mass is 290 g/mol. The maximum atomic E-state index is 9.95. The molecule has 2 aromatic carbocycles. The first-order valence-corrected chi connectivity index (χ1v) is 7.40. The molecule has 0 heterocycles. The Morgan fingerprint density at radius 2 is 1.75 bits per heavy atom. The summed E-state index contributed by atoms with van der Waals surface area (Å²) in [5.41, 5.74) is 0. The molecule has 0 saturated heterocycles. The molecule has 0 fully saturated rings. The Hall–Kier alpha value is -1.65. The molecular formula is C16H18O3S. The van der Waals surface area contributed by atoms with Crippen molar-refractivity contribution in [2.24, 2.45) is 0 Å². The number of ether oxygens (including phenoxy) is 2. The summed E-state index contributed by atoms with van der Waals surface area (Å²) >= 11 is 1.56. The Morgan fingerprint density at radius 3 is 2.50 bits per heavy atom. The fraction of sp³-hybridized carbons (Fsp3) is 0.250. The summed E-state index contributed by atoms with van der Waals surface area (Å²) in [4.78, 5) is 1.02. The molecule has 3 nitrogen and oxygen atoms in total. The van der Waals surface area contributed by atoms with E-state index in [9.17, 15) is 5.11 Å². The molecule has 20 heavy (non-hydrogen) atoms. The first-order chi connectivity index (χ1) is 9.79. The third-order valence-corrected chi connectivity index (χ3v) is 3.89. The van der Waals surface area contributed by atoms with Crippen LogP contribution in [0.5, 0.6) is 11.5 Å². The first-order valence-electron chi connectivity index (χ1n) is 6.41. The lowest BCUT2D eigenvalue weighted by atomic mass is 10.3. The van der Waals surface area contributed by atoms with Gasteiger partial charge in [-0.3, -0.25) is 0 Å². The topological polar surface area (TPSA) is 38.7 Å². The number of para-hydroxylation sites is 2. The van der Waals surface area contributed by atoms with Gasteiger partial charge in [-0.1, -0.05) is 30.3 Å². The number of rotatable bonds is 7. The number of aliphatic hydroxyl groups is 1. The Kier molecular flexibility index (Phi) is 5.77. The van der Waals surface area contributed by atoms with E-state index in [1.165, 1.54) is 0 Å². The number of benzene rings is 2. The van der Waals surface area contributed by atoms with Crippen LogP contribution in [0.1, 0.15) is 0 Å². The average molecular weight is 290 g/mol. The smallest absolute Gasteiger partial charge is 0.132 e. The van der Waals surface area contributed by atoms with Gasteiger partial charge in [0.25, 0.3) is 0 Å². The van der Waals surface area contributed by atoms with E-state index in [0.717, 1.165) is 16.4 Å². The summed E-state index contributed by atoms with van der Waals surface area (Å²) in [5, 5.41) is 9.95. The van der Waals surface area contributed by atoms with E-state index < -0.39 is 6.10 Å². The van der Waals surface area contributed by atoms with Crippen LogP contribution in [0.2, 0.25) is 0 Å². The van der Waals surface area contributed by atoms with Gasteiger partial charge < -0.3 is 14.6 Å². The van der Waals surface area contributed by atoms with Gasteiger partial charge in [0.05, 0.1) is 13.2 Å². The van der Waals surface area contributed by atoms with Crippen LogP contribution in [0.15, 0.2) is 59.5 Å². The lowest BCUT2D eigenvalue weighted by molar-refractivity contribution is 0.126. The van der Waals surface area contributed by atoms with E-state index in [2.05, 4.69) is 0 Å². The Balaban J connectivity index is 1.79. The maximum Gasteiger partial charge on any atom is 0.132 e. The highest BCUT2D eigenvalue weighted by Crippen LogP contribution is 2.29. The summed E-state index contributed by atoms with van der Waals surface area (Å²) < 4.78 is 10.8. The fourth-order valence-corrected chi connectivity index (χ4v) is 2.62. The highest BCUT2D eigenvalue weighted by atomic mass is 32.2. The molecule has 0 aliphatic carbocycles. The standard InChI is InChI=1S/C16H18O3S/c1-18-15-9-5-6-10-16(15)20-12-13(17)11-19-14-7-3-2-4-8-14/h2-10,13,17H,11-12H2,1H3. The number of methoxy groups -OCH3 is 1. The number of thioether (sulfide) groups is 1. The van der Waals surface area contributed by atoms with Crippen molar-refractivity contribution in [1.82, 2.24) is 0 Å². The van der Waals surface area contributed by atoms with E-state index in [1.807, 2.05) is 54.6 Å². The van der Waals surface area contributed by atoms with Crippen LogP contribution >= 0.6 is 11.8 Å². The molecule has 0 spiro atoms. The molecule has 0 amide bonds. The molecule has 1 atom stereocenters. The second-order valence-electron chi connectivity index (χ2n) is 4.24. The summed E-state index contributed by atoms with van der Waals surface area (Å²) in [6.45, 7) is 0.284. The van der Waals surface area contributed by atoms with E-state index >= 15 is 0 Å². The molecule has 0 aromatic heterocycles. The predicted molar refractivity (Wildman–Crippen MR) is 81.7 cm³/mol. The van der Waals surface area contributed by atoms with Crippen LogP contribution in [0, 0.1) is 0 Å². The first kappa shape index (κ1) is 14.8. The summed E-state index contributed by atoms with van der Waals surface area (Å²) in [5.74, 6) is 2.16. The van der Waals surface area contributed by atoms with Gasteiger partial charge in [-0.25, -0.2) is 0 Å². The van der Waals surface area contributed by atoms with Gasteiger partial charge in [0.15, 0.2) is 0 Å². The van der Waals surface area contributed by atoms with Crippen molar-refractivity contribution in [3.05, 3.63) is 54.6 Å². The zero-order valence-corrected chi connectivity index (χ0v) is 12.2. The molecule has 0 aliphatic heterocycles. The van der Waals surface area contributed by atoms with Gasteiger partial charge in [-0.05, 0) is 24.3 Å². The van der Waals surface area contributed by atoms with Crippen LogP contribution < -0.4 is 9.47 Å². The van der Waals surface area contributed by atoms with Gasteiger partial charge >= 0.3 is 0 Å². The molecular weight excluding hydrogens is 272 g/mol. The zero-order chi connectivity index (χ0) is 14.2. The number of hydrogen-bond acceptors (Lipinski definition) is 4. The van der Waals surface area contributed by atoms with Crippen molar-refractivity contribution in [3.63, 3.8) is 0 Å². The second-order valence-corrected chi connectivity index (χ2v) is 5.30. The van der Waals surface area contributed by atoms with E-state index in [4.69, 9.17) is 9.47 Å². The molecule has 0 bridgehead atoms. The van der Waals surface area contributed by atoms with Crippen molar-refractivity contribution in [2.75, 3.05) is 19.5 Å². The van der Waals surface area contributed by atoms with Crippen LogP contribution in [-0.2, 0) is 0 Å². The quantitative estimate of drug-likeness (QED) is 0.795. The lowest BCUT2D eigenvalue weighted by Crippen LogP contribution is -2.20. The molecule has 1 unspecified atom stereocenters. The molecule has 0 saturated carbocycles. The highest BCUT2D eigenvalue weighted by Gasteiger charge is 2.09.